The topological polar surface area (TPSA) is 50.4 Å². The first-order valence-electron chi connectivity index (χ1n) is 7.37. The number of hydrogen-bond donors (Lipinski definition) is 2. The van der Waals surface area contributed by atoms with Gasteiger partial charge in [-0.2, -0.15) is 0 Å². The van der Waals surface area contributed by atoms with Crippen molar-refractivity contribution in [1.82, 2.24) is 10.6 Å². The van der Waals surface area contributed by atoms with Crippen molar-refractivity contribution in [3.63, 3.8) is 0 Å². The molecule has 2 amide bonds. The van der Waals surface area contributed by atoms with Crippen molar-refractivity contribution in [3.8, 4) is 0 Å². The zero-order valence-electron chi connectivity index (χ0n) is 11.2. The molecule has 0 spiro atoms. The maximum Gasteiger partial charge on any atom is 0.315 e. The van der Waals surface area contributed by atoms with E-state index in [2.05, 4.69) is 17.6 Å². The highest BCUT2D eigenvalue weighted by molar-refractivity contribution is 5.74. The van der Waals surface area contributed by atoms with Crippen molar-refractivity contribution in [2.45, 2.75) is 51.1 Å². The quantitative estimate of drug-likeness (QED) is 0.806. The Morgan fingerprint density at radius 3 is 2.78 bits per heavy atom. The Labute approximate surface area is 109 Å². The van der Waals surface area contributed by atoms with E-state index in [4.69, 9.17) is 4.74 Å². The lowest BCUT2D eigenvalue weighted by Crippen LogP contribution is -2.48. The standard InChI is InChI=1S/C14H24N2O2/c1-9(13-7-10-2-3-11(13)6-10)15-14(17)16-12-4-5-18-8-12/h9-13H,2-8H2,1H3,(H2,15,16,17). The van der Waals surface area contributed by atoms with Gasteiger partial charge in [-0.15, -0.1) is 0 Å². The fraction of sp³-hybridized carbons (Fsp3) is 0.929. The van der Waals surface area contributed by atoms with Gasteiger partial charge in [-0.1, -0.05) is 6.42 Å². The van der Waals surface area contributed by atoms with Gasteiger partial charge < -0.3 is 15.4 Å². The molecule has 3 rings (SSSR count). The fourth-order valence-electron chi connectivity index (χ4n) is 4.10. The van der Waals surface area contributed by atoms with E-state index in [0.717, 1.165) is 24.9 Å². The van der Waals surface area contributed by atoms with Crippen LogP contribution in [-0.4, -0.2) is 31.3 Å². The van der Waals surface area contributed by atoms with Gasteiger partial charge in [0, 0.05) is 12.6 Å². The van der Waals surface area contributed by atoms with E-state index in [0.29, 0.717) is 18.6 Å². The van der Waals surface area contributed by atoms with E-state index >= 15 is 0 Å². The van der Waals surface area contributed by atoms with Crippen LogP contribution < -0.4 is 10.6 Å². The Kier molecular flexibility index (Phi) is 3.46. The van der Waals surface area contributed by atoms with Gasteiger partial charge in [0.25, 0.3) is 0 Å². The summed E-state index contributed by atoms with van der Waals surface area (Å²) in [4.78, 5) is 11.9. The number of urea groups is 1. The molecule has 1 aliphatic heterocycles. The summed E-state index contributed by atoms with van der Waals surface area (Å²) in [6, 6.07) is 0.501. The summed E-state index contributed by atoms with van der Waals surface area (Å²) in [5.41, 5.74) is 0. The van der Waals surface area contributed by atoms with Crippen LogP contribution >= 0.6 is 0 Å². The molecule has 0 aromatic carbocycles. The number of nitrogens with one attached hydrogen (secondary N) is 2. The molecule has 3 aliphatic rings. The predicted molar refractivity (Wildman–Crippen MR) is 69.3 cm³/mol. The van der Waals surface area contributed by atoms with Gasteiger partial charge in [-0.3, -0.25) is 0 Å². The monoisotopic (exact) mass is 252 g/mol. The Morgan fingerprint density at radius 2 is 2.17 bits per heavy atom. The maximum absolute atomic E-state index is 11.9. The summed E-state index contributed by atoms with van der Waals surface area (Å²) in [6.07, 6.45) is 6.45. The lowest BCUT2D eigenvalue weighted by atomic mass is 9.84. The molecule has 5 atom stereocenters. The number of ether oxygens (including phenoxy) is 1. The van der Waals surface area contributed by atoms with Crippen LogP contribution in [0.5, 0.6) is 0 Å². The van der Waals surface area contributed by atoms with Crippen molar-refractivity contribution in [2.75, 3.05) is 13.2 Å². The normalized spacial score (nSPS) is 39.8. The SMILES string of the molecule is CC(NC(=O)NC1CCOC1)C1CC2CCC1C2. The highest BCUT2D eigenvalue weighted by Crippen LogP contribution is 2.49. The van der Waals surface area contributed by atoms with Crippen molar-refractivity contribution in [2.24, 2.45) is 17.8 Å². The first-order chi connectivity index (χ1) is 8.72. The third-order valence-corrected chi connectivity index (χ3v) is 5.06. The number of hydrogen-bond acceptors (Lipinski definition) is 2. The van der Waals surface area contributed by atoms with E-state index in [1.165, 1.54) is 25.7 Å². The maximum atomic E-state index is 11.9. The Morgan fingerprint density at radius 1 is 1.28 bits per heavy atom. The first-order valence-corrected chi connectivity index (χ1v) is 7.37. The molecule has 0 radical (unpaired) electrons. The van der Waals surface area contributed by atoms with Crippen LogP contribution in [-0.2, 0) is 4.74 Å². The lowest BCUT2D eigenvalue weighted by molar-refractivity contribution is 0.186. The van der Waals surface area contributed by atoms with Crippen molar-refractivity contribution >= 4 is 6.03 Å². The molecule has 102 valence electrons. The van der Waals surface area contributed by atoms with E-state index in [9.17, 15) is 4.79 Å². The molecule has 2 aliphatic carbocycles. The zero-order chi connectivity index (χ0) is 12.5. The van der Waals surface area contributed by atoms with Gasteiger partial charge in [-0.25, -0.2) is 4.79 Å². The number of fused-ring (bicyclic) bond motifs is 2. The van der Waals surface area contributed by atoms with Crippen LogP contribution in [0.3, 0.4) is 0 Å². The first kappa shape index (κ1) is 12.3. The van der Waals surface area contributed by atoms with Crippen molar-refractivity contribution in [1.29, 1.82) is 0 Å². The summed E-state index contributed by atoms with van der Waals surface area (Å²) < 4.78 is 5.26. The summed E-state index contributed by atoms with van der Waals surface area (Å²) in [7, 11) is 0. The lowest BCUT2D eigenvalue weighted by Gasteiger charge is -2.29. The molecule has 2 N–H and O–H groups in total. The molecule has 2 bridgehead atoms. The van der Waals surface area contributed by atoms with E-state index < -0.39 is 0 Å². The molecule has 4 heteroatoms. The molecule has 2 saturated carbocycles. The number of carbonyl (C=O) groups excluding carboxylic acids is 1. The molecule has 18 heavy (non-hydrogen) atoms. The molecule has 5 unspecified atom stereocenters. The van der Waals surface area contributed by atoms with Crippen LogP contribution in [0.1, 0.15) is 39.0 Å². The second-order valence-electron chi connectivity index (χ2n) is 6.31. The Bertz CT molecular complexity index is 315. The number of carbonyl (C=O) groups is 1. The fourth-order valence-corrected chi connectivity index (χ4v) is 4.10. The second-order valence-corrected chi connectivity index (χ2v) is 6.31. The largest absolute Gasteiger partial charge is 0.379 e. The van der Waals surface area contributed by atoms with E-state index in [1.54, 1.807) is 0 Å². The second kappa shape index (κ2) is 5.08. The smallest absolute Gasteiger partial charge is 0.315 e. The van der Waals surface area contributed by atoms with Crippen LogP contribution in [0.25, 0.3) is 0 Å². The Balaban J connectivity index is 1.45. The molecule has 1 heterocycles. The van der Waals surface area contributed by atoms with Crippen LogP contribution in [0.4, 0.5) is 4.79 Å². The van der Waals surface area contributed by atoms with Gasteiger partial charge in [0.15, 0.2) is 0 Å². The van der Waals surface area contributed by atoms with Gasteiger partial charge >= 0.3 is 6.03 Å². The minimum atomic E-state index is -0.0132. The predicted octanol–water partition coefficient (Wildman–Crippen LogP) is 1.90. The molecule has 0 aromatic rings. The van der Waals surface area contributed by atoms with E-state index in [-0.39, 0.29) is 12.1 Å². The zero-order valence-corrected chi connectivity index (χ0v) is 11.2. The van der Waals surface area contributed by atoms with Gasteiger partial charge in [0.05, 0.1) is 12.6 Å². The summed E-state index contributed by atoms with van der Waals surface area (Å²) in [5, 5.41) is 6.13. The summed E-state index contributed by atoms with van der Waals surface area (Å²) in [6.45, 7) is 3.60. The number of rotatable bonds is 3. The third kappa shape index (κ3) is 2.48. The molecular formula is C14H24N2O2. The Hall–Kier alpha value is -0.770. The number of amides is 2. The van der Waals surface area contributed by atoms with Crippen LogP contribution in [0, 0.1) is 17.8 Å². The molecule has 1 saturated heterocycles. The van der Waals surface area contributed by atoms with Crippen LogP contribution in [0.15, 0.2) is 0 Å². The van der Waals surface area contributed by atoms with Gasteiger partial charge in [0.1, 0.15) is 0 Å². The van der Waals surface area contributed by atoms with Gasteiger partial charge in [0.2, 0.25) is 0 Å². The minimum absolute atomic E-state index is 0.0132. The highest BCUT2D eigenvalue weighted by atomic mass is 16.5. The molecule has 0 aromatic heterocycles. The van der Waals surface area contributed by atoms with Crippen LogP contribution in [0.2, 0.25) is 0 Å². The van der Waals surface area contributed by atoms with Crippen molar-refractivity contribution < 1.29 is 9.53 Å². The molecular weight excluding hydrogens is 228 g/mol. The molecule has 3 fully saturated rings. The molecule has 4 nitrogen and oxygen atoms in total. The average Bonchev–Trinajstić information content (AvgIpc) is 3.04. The van der Waals surface area contributed by atoms with E-state index in [1.807, 2.05) is 0 Å². The minimum Gasteiger partial charge on any atom is -0.379 e. The van der Waals surface area contributed by atoms with Gasteiger partial charge in [-0.05, 0) is 50.4 Å². The third-order valence-electron chi connectivity index (χ3n) is 5.06. The highest BCUT2D eigenvalue weighted by Gasteiger charge is 2.42. The summed E-state index contributed by atoms with van der Waals surface area (Å²) in [5.74, 6) is 2.50. The van der Waals surface area contributed by atoms with Crippen molar-refractivity contribution in [3.05, 3.63) is 0 Å². The average molecular weight is 252 g/mol. The summed E-state index contributed by atoms with van der Waals surface area (Å²) >= 11 is 0.